The normalized spacial score (nSPS) is 14.4. The second kappa shape index (κ2) is 6.10. The van der Waals surface area contributed by atoms with Crippen LogP contribution in [0.5, 0.6) is 0 Å². The molecule has 2 heterocycles. The molecule has 1 aromatic carbocycles. The number of aromatic nitrogens is 4. The number of carbonyl (C=O) groups is 1. The molecule has 4 rings (SSSR count). The van der Waals surface area contributed by atoms with E-state index in [1.807, 2.05) is 19.1 Å². The molecule has 1 aliphatic carbocycles. The first kappa shape index (κ1) is 16.0. The molecule has 0 unspecified atom stereocenters. The van der Waals surface area contributed by atoms with E-state index in [4.69, 9.17) is 9.72 Å². The molecule has 0 saturated heterocycles. The number of methoxy groups -OCH3 is 1. The number of rotatable bonds is 5. The Bertz CT molecular complexity index is 973. The van der Waals surface area contributed by atoms with Gasteiger partial charge in [0.05, 0.1) is 29.4 Å². The summed E-state index contributed by atoms with van der Waals surface area (Å²) in [5.74, 6) is 1.38. The lowest BCUT2D eigenvalue weighted by Gasteiger charge is -2.11. The van der Waals surface area contributed by atoms with E-state index in [1.165, 1.54) is 20.0 Å². The molecule has 6 nitrogen and oxygen atoms in total. The standard InChI is InChI=1S/C19H22N4O2/c1-4-5-14-18-22-21-17(9-12-6-7-12)23(18)16-8-11(2)13(19(24)25-3)10-15(16)20-14/h8,10,12H,4-7,9H2,1-3H3. The lowest BCUT2D eigenvalue weighted by molar-refractivity contribution is 0.0600. The molecule has 0 N–H and O–H groups in total. The van der Waals surface area contributed by atoms with Crippen LogP contribution in [0.3, 0.4) is 0 Å². The number of aryl methyl sites for hydroxylation is 2. The van der Waals surface area contributed by atoms with Crippen molar-refractivity contribution < 1.29 is 9.53 Å². The fourth-order valence-electron chi connectivity index (χ4n) is 3.35. The van der Waals surface area contributed by atoms with E-state index < -0.39 is 0 Å². The molecule has 130 valence electrons. The van der Waals surface area contributed by atoms with Crippen molar-refractivity contribution in [2.75, 3.05) is 7.11 Å². The van der Waals surface area contributed by atoms with Crippen LogP contribution in [0.15, 0.2) is 12.1 Å². The van der Waals surface area contributed by atoms with Gasteiger partial charge in [0.2, 0.25) is 0 Å². The fraction of sp³-hybridized carbons (Fsp3) is 0.474. The molecule has 2 aromatic heterocycles. The molecule has 0 radical (unpaired) electrons. The first-order chi connectivity index (χ1) is 12.1. The number of ether oxygens (including phenoxy) is 1. The van der Waals surface area contributed by atoms with Gasteiger partial charge >= 0.3 is 5.97 Å². The van der Waals surface area contributed by atoms with Crippen molar-refractivity contribution in [3.63, 3.8) is 0 Å². The first-order valence-electron chi connectivity index (χ1n) is 8.88. The van der Waals surface area contributed by atoms with Crippen molar-refractivity contribution >= 4 is 22.6 Å². The fourth-order valence-corrected chi connectivity index (χ4v) is 3.35. The number of benzene rings is 1. The van der Waals surface area contributed by atoms with E-state index in [2.05, 4.69) is 21.5 Å². The summed E-state index contributed by atoms with van der Waals surface area (Å²) < 4.78 is 7.04. The number of carbonyl (C=O) groups excluding carboxylic acids is 1. The van der Waals surface area contributed by atoms with Crippen LogP contribution in [0.2, 0.25) is 0 Å². The van der Waals surface area contributed by atoms with Crippen LogP contribution in [0.4, 0.5) is 0 Å². The summed E-state index contributed by atoms with van der Waals surface area (Å²) in [5.41, 5.74) is 4.96. The summed E-state index contributed by atoms with van der Waals surface area (Å²) in [7, 11) is 1.40. The highest BCUT2D eigenvalue weighted by Gasteiger charge is 2.25. The van der Waals surface area contributed by atoms with Crippen LogP contribution in [0.1, 0.15) is 53.6 Å². The minimum atomic E-state index is -0.333. The topological polar surface area (TPSA) is 69.4 Å². The maximum absolute atomic E-state index is 12.0. The first-order valence-corrected chi connectivity index (χ1v) is 8.88. The summed E-state index contributed by atoms with van der Waals surface area (Å²) in [6.45, 7) is 4.04. The summed E-state index contributed by atoms with van der Waals surface area (Å²) in [6.07, 6.45) is 5.30. The minimum absolute atomic E-state index is 0.333. The van der Waals surface area contributed by atoms with Crippen LogP contribution < -0.4 is 0 Å². The van der Waals surface area contributed by atoms with Gasteiger partial charge in [-0.15, -0.1) is 10.2 Å². The Morgan fingerprint density at radius 1 is 1.32 bits per heavy atom. The molecule has 3 aromatic rings. The summed E-state index contributed by atoms with van der Waals surface area (Å²) in [5, 5.41) is 8.88. The number of esters is 1. The van der Waals surface area contributed by atoms with E-state index in [0.29, 0.717) is 5.56 Å². The Morgan fingerprint density at radius 2 is 2.12 bits per heavy atom. The highest BCUT2D eigenvalue weighted by Crippen LogP contribution is 2.33. The molecular formula is C19H22N4O2. The number of fused-ring (bicyclic) bond motifs is 3. The van der Waals surface area contributed by atoms with E-state index >= 15 is 0 Å². The number of hydrogen-bond donors (Lipinski definition) is 0. The van der Waals surface area contributed by atoms with E-state index in [9.17, 15) is 4.79 Å². The Labute approximate surface area is 146 Å². The second-order valence-electron chi connectivity index (χ2n) is 6.88. The molecule has 1 fully saturated rings. The van der Waals surface area contributed by atoms with Gasteiger partial charge in [0.15, 0.2) is 5.65 Å². The van der Waals surface area contributed by atoms with Crippen LogP contribution in [0.25, 0.3) is 16.7 Å². The van der Waals surface area contributed by atoms with Gasteiger partial charge in [0.1, 0.15) is 5.82 Å². The number of nitrogens with zero attached hydrogens (tertiary/aromatic N) is 4. The van der Waals surface area contributed by atoms with Crippen molar-refractivity contribution in [3.8, 4) is 0 Å². The van der Waals surface area contributed by atoms with Gasteiger partial charge in [-0.1, -0.05) is 13.3 Å². The van der Waals surface area contributed by atoms with Crippen LogP contribution in [0, 0.1) is 12.8 Å². The second-order valence-corrected chi connectivity index (χ2v) is 6.88. The van der Waals surface area contributed by atoms with Gasteiger partial charge in [-0.05, 0) is 49.8 Å². The highest BCUT2D eigenvalue weighted by atomic mass is 16.5. The quantitative estimate of drug-likeness (QED) is 0.668. The van der Waals surface area contributed by atoms with Crippen LogP contribution in [-0.2, 0) is 17.6 Å². The van der Waals surface area contributed by atoms with Gasteiger partial charge in [-0.3, -0.25) is 4.40 Å². The van der Waals surface area contributed by atoms with E-state index in [1.54, 1.807) is 0 Å². The Hall–Kier alpha value is -2.50. The largest absolute Gasteiger partial charge is 0.465 e. The minimum Gasteiger partial charge on any atom is -0.465 e. The molecule has 0 bridgehead atoms. The zero-order chi connectivity index (χ0) is 17.6. The maximum atomic E-state index is 12.0. The van der Waals surface area contributed by atoms with Crippen molar-refractivity contribution in [3.05, 3.63) is 34.8 Å². The maximum Gasteiger partial charge on any atom is 0.338 e. The zero-order valence-electron chi connectivity index (χ0n) is 14.9. The van der Waals surface area contributed by atoms with Gasteiger partial charge in [-0.2, -0.15) is 0 Å². The summed E-state index contributed by atoms with van der Waals surface area (Å²) >= 11 is 0. The predicted molar refractivity (Wildman–Crippen MR) is 94.8 cm³/mol. The van der Waals surface area contributed by atoms with Crippen LogP contribution in [-0.4, -0.2) is 32.7 Å². The predicted octanol–water partition coefficient (Wildman–Crippen LogP) is 3.28. The van der Waals surface area contributed by atoms with Crippen molar-refractivity contribution in [2.45, 2.75) is 46.0 Å². The van der Waals surface area contributed by atoms with Crippen molar-refractivity contribution in [2.24, 2.45) is 5.92 Å². The molecule has 25 heavy (non-hydrogen) atoms. The molecule has 0 amide bonds. The molecule has 0 aliphatic heterocycles. The zero-order valence-corrected chi connectivity index (χ0v) is 14.9. The third kappa shape index (κ3) is 2.75. The van der Waals surface area contributed by atoms with Crippen molar-refractivity contribution in [1.29, 1.82) is 0 Å². The van der Waals surface area contributed by atoms with Gasteiger partial charge < -0.3 is 4.74 Å². The smallest absolute Gasteiger partial charge is 0.338 e. The monoisotopic (exact) mass is 338 g/mol. The van der Waals surface area contributed by atoms with Gasteiger partial charge in [0, 0.05) is 6.42 Å². The van der Waals surface area contributed by atoms with Gasteiger partial charge in [-0.25, -0.2) is 9.78 Å². The van der Waals surface area contributed by atoms with E-state index in [-0.39, 0.29) is 5.97 Å². The summed E-state index contributed by atoms with van der Waals surface area (Å²) in [4.78, 5) is 16.8. The summed E-state index contributed by atoms with van der Waals surface area (Å²) in [6, 6.07) is 3.83. The highest BCUT2D eigenvalue weighted by molar-refractivity contribution is 5.95. The van der Waals surface area contributed by atoms with E-state index in [0.717, 1.165) is 58.9 Å². The molecule has 0 atom stereocenters. The number of hydrogen-bond acceptors (Lipinski definition) is 5. The lowest BCUT2D eigenvalue weighted by Crippen LogP contribution is -2.07. The molecule has 0 spiro atoms. The molecular weight excluding hydrogens is 316 g/mol. The van der Waals surface area contributed by atoms with Gasteiger partial charge in [0.25, 0.3) is 0 Å². The Morgan fingerprint density at radius 3 is 2.80 bits per heavy atom. The molecule has 1 saturated carbocycles. The average Bonchev–Trinajstić information content (AvgIpc) is 3.32. The van der Waals surface area contributed by atoms with Crippen molar-refractivity contribution in [1.82, 2.24) is 19.6 Å². The Kier molecular flexibility index (Phi) is 3.90. The third-order valence-electron chi connectivity index (χ3n) is 4.87. The Balaban J connectivity index is 2.00. The third-order valence-corrected chi connectivity index (χ3v) is 4.87. The SMILES string of the molecule is CCCc1nc2cc(C(=O)OC)c(C)cc2n2c(CC3CC3)nnc12. The molecule has 6 heteroatoms. The van der Waals surface area contributed by atoms with Crippen LogP contribution >= 0.6 is 0 Å². The average molecular weight is 338 g/mol. The molecule has 1 aliphatic rings. The lowest BCUT2D eigenvalue weighted by atomic mass is 10.1.